The Morgan fingerprint density at radius 2 is 2.38 bits per heavy atom. The summed E-state index contributed by atoms with van der Waals surface area (Å²) in [5.74, 6) is -0.396. The molecular weight excluding hydrogens is 193 g/mol. The molecule has 66 valence electrons. The maximum Gasteiger partial charge on any atom is 0.322 e. The maximum absolute atomic E-state index is 12.7. The zero-order valence-electron chi connectivity index (χ0n) is 6.32. The van der Waals surface area contributed by atoms with E-state index in [1.165, 1.54) is 18.3 Å². The Kier molecular flexibility index (Phi) is 1.90. The number of nitrogens with one attached hydrogen (secondary N) is 1. The lowest BCUT2D eigenvalue weighted by atomic mass is 10.3. The Morgan fingerprint density at radius 3 is 3.00 bits per heavy atom. The SMILES string of the molecule is O=c1[nH]nc(-c2cc(F)ccn2)s1. The van der Waals surface area contributed by atoms with Crippen LogP contribution in [0.15, 0.2) is 23.1 Å². The summed E-state index contributed by atoms with van der Waals surface area (Å²) < 4.78 is 12.7. The van der Waals surface area contributed by atoms with Crippen molar-refractivity contribution in [2.75, 3.05) is 0 Å². The lowest BCUT2D eigenvalue weighted by Crippen LogP contribution is -1.90. The number of pyridine rings is 1. The summed E-state index contributed by atoms with van der Waals surface area (Å²) in [6.07, 6.45) is 1.33. The van der Waals surface area contributed by atoms with E-state index in [0.717, 1.165) is 11.3 Å². The summed E-state index contributed by atoms with van der Waals surface area (Å²) in [6.45, 7) is 0. The van der Waals surface area contributed by atoms with Crippen LogP contribution in [0.5, 0.6) is 0 Å². The van der Waals surface area contributed by atoms with Crippen LogP contribution in [0.3, 0.4) is 0 Å². The predicted octanol–water partition coefficient (Wildman–Crippen LogP) is 1.03. The monoisotopic (exact) mass is 197 g/mol. The van der Waals surface area contributed by atoms with Gasteiger partial charge in [0.2, 0.25) is 0 Å². The Labute approximate surface area is 76.1 Å². The van der Waals surface area contributed by atoms with Crippen LogP contribution in [0, 0.1) is 5.82 Å². The summed E-state index contributed by atoms with van der Waals surface area (Å²) >= 11 is 0.898. The number of halogens is 1. The average molecular weight is 197 g/mol. The molecule has 2 aromatic heterocycles. The molecule has 0 saturated carbocycles. The lowest BCUT2D eigenvalue weighted by molar-refractivity contribution is 0.626. The summed E-state index contributed by atoms with van der Waals surface area (Å²) in [6, 6.07) is 2.46. The Balaban J connectivity index is 2.52. The lowest BCUT2D eigenvalue weighted by Gasteiger charge is -1.92. The van der Waals surface area contributed by atoms with Crippen molar-refractivity contribution in [3.63, 3.8) is 0 Å². The fourth-order valence-electron chi connectivity index (χ4n) is 0.861. The zero-order chi connectivity index (χ0) is 9.26. The van der Waals surface area contributed by atoms with Crippen molar-refractivity contribution in [1.82, 2.24) is 15.2 Å². The largest absolute Gasteiger partial charge is 0.322 e. The van der Waals surface area contributed by atoms with Crippen LogP contribution < -0.4 is 4.87 Å². The molecule has 0 fully saturated rings. The van der Waals surface area contributed by atoms with Crippen molar-refractivity contribution in [1.29, 1.82) is 0 Å². The molecule has 0 aliphatic carbocycles. The van der Waals surface area contributed by atoms with Gasteiger partial charge in [0.25, 0.3) is 0 Å². The molecule has 1 N–H and O–H groups in total. The minimum atomic E-state index is -0.396. The van der Waals surface area contributed by atoms with E-state index in [0.29, 0.717) is 10.7 Å². The summed E-state index contributed by atoms with van der Waals surface area (Å²) in [5.41, 5.74) is 0.364. The van der Waals surface area contributed by atoms with Crippen molar-refractivity contribution >= 4 is 11.3 Å². The standard InChI is InChI=1S/C7H4FN3OS/c8-4-1-2-9-5(3-4)6-10-11-7(12)13-6/h1-3H,(H,11,12). The van der Waals surface area contributed by atoms with Crippen LogP contribution in [0.2, 0.25) is 0 Å². The first-order chi connectivity index (χ1) is 6.25. The van der Waals surface area contributed by atoms with Crippen LogP contribution in [0.4, 0.5) is 4.39 Å². The van der Waals surface area contributed by atoms with Gasteiger partial charge in [-0.15, -0.1) is 0 Å². The third-order valence-electron chi connectivity index (χ3n) is 1.38. The molecule has 4 nitrogen and oxygen atoms in total. The van der Waals surface area contributed by atoms with Crippen LogP contribution >= 0.6 is 11.3 Å². The van der Waals surface area contributed by atoms with Gasteiger partial charge in [0.05, 0.1) is 0 Å². The molecule has 6 heteroatoms. The van der Waals surface area contributed by atoms with E-state index >= 15 is 0 Å². The van der Waals surface area contributed by atoms with Crippen LogP contribution in [0.25, 0.3) is 10.7 Å². The highest BCUT2D eigenvalue weighted by Gasteiger charge is 2.04. The minimum absolute atomic E-state index is 0.277. The molecule has 0 amide bonds. The maximum atomic E-state index is 12.7. The van der Waals surface area contributed by atoms with Gasteiger partial charge in [0.15, 0.2) is 5.01 Å². The highest BCUT2D eigenvalue weighted by Crippen LogP contribution is 2.15. The number of hydrogen-bond donors (Lipinski definition) is 1. The number of H-pyrrole nitrogens is 1. The Hall–Kier alpha value is -1.56. The van der Waals surface area contributed by atoms with Gasteiger partial charge in [0.1, 0.15) is 11.5 Å². The number of aromatic nitrogens is 3. The van der Waals surface area contributed by atoms with Crippen LogP contribution in [-0.2, 0) is 0 Å². The number of rotatable bonds is 1. The molecule has 2 heterocycles. The van der Waals surface area contributed by atoms with Crippen molar-refractivity contribution < 1.29 is 4.39 Å². The first-order valence-electron chi connectivity index (χ1n) is 3.43. The molecule has 13 heavy (non-hydrogen) atoms. The van der Waals surface area contributed by atoms with Crippen LogP contribution in [-0.4, -0.2) is 15.2 Å². The fraction of sp³-hybridized carbons (Fsp3) is 0. The molecule has 0 bridgehead atoms. The van der Waals surface area contributed by atoms with E-state index in [2.05, 4.69) is 15.2 Å². The smallest absolute Gasteiger partial charge is 0.255 e. The number of hydrogen-bond acceptors (Lipinski definition) is 4. The molecule has 2 rings (SSSR count). The van der Waals surface area contributed by atoms with E-state index in [9.17, 15) is 9.18 Å². The van der Waals surface area contributed by atoms with E-state index < -0.39 is 5.82 Å². The second-order valence-electron chi connectivity index (χ2n) is 2.28. The highest BCUT2D eigenvalue weighted by molar-refractivity contribution is 7.12. The number of aromatic amines is 1. The average Bonchev–Trinajstić information content (AvgIpc) is 2.52. The molecule has 0 spiro atoms. The zero-order valence-corrected chi connectivity index (χ0v) is 7.14. The second-order valence-corrected chi connectivity index (χ2v) is 3.24. The Morgan fingerprint density at radius 1 is 1.54 bits per heavy atom. The quantitative estimate of drug-likeness (QED) is 0.742. The first-order valence-corrected chi connectivity index (χ1v) is 4.25. The third kappa shape index (κ3) is 1.62. The fourth-order valence-corrected chi connectivity index (χ4v) is 1.44. The Bertz CT molecular complexity index is 478. The van der Waals surface area contributed by atoms with E-state index in [1.807, 2.05) is 0 Å². The molecule has 0 saturated heterocycles. The van der Waals surface area contributed by atoms with Crippen molar-refractivity contribution in [3.8, 4) is 10.7 Å². The first kappa shape index (κ1) is 8.06. The van der Waals surface area contributed by atoms with Gasteiger partial charge in [-0.1, -0.05) is 11.3 Å². The number of nitrogens with zero attached hydrogens (tertiary/aromatic N) is 2. The molecule has 0 aromatic carbocycles. The van der Waals surface area contributed by atoms with Crippen molar-refractivity contribution in [2.45, 2.75) is 0 Å². The molecule has 0 unspecified atom stereocenters. The van der Waals surface area contributed by atoms with Gasteiger partial charge in [-0.3, -0.25) is 9.78 Å². The molecule has 0 radical (unpaired) electrons. The highest BCUT2D eigenvalue weighted by atomic mass is 32.1. The second kappa shape index (κ2) is 3.06. The van der Waals surface area contributed by atoms with Crippen molar-refractivity contribution in [3.05, 3.63) is 33.8 Å². The summed E-state index contributed by atoms with van der Waals surface area (Å²) in [7, 11) is 0. The summed E-state index contributed by atoms with van der Waals surface area (Å²) in [4.78, 5) is 14.3. The predicted molar refractivity (Wildman–Crippen MR) is 45.9 cm³/mol. The molecule has 0 atom stereocenters. The van der Waals surface area contributed by atoms with Crippen LogP contribution in [0.1, 0.15) is 0 Å². The van der Waals surface area contributed by atoms with E-state index in [-0.39, 0.29) is 4.87 Å². The van der Waals surface area contributed by atoms with E-state index in [4.69, 9.17) is 0 Å². The van der Waals surface area contributed by atoms with Gasteiger partial charge in [0, 0.05) is 12.3 Å². The van der Waals surface area contributed by atoms with Gasteiger partial charge in [-0.2, -0.15) is 5.10 Å². The third-order valence-corrected chi connectivity index (χ3v) is 2.15. The van der Waals surface area contributed by atoms with E-state index in [1.54, 1.807) is 0 Å². The molecule has 0 aliphatic rings. The molecule has 0 aliphatic heterocycles. The van der Waals surface area contributed by atoms with Gasteiger partial charge in [-0.25, -0.2) is 9.49 Å². The minimum Gasteiger partial charge on any atom is -0.255 e. The molecular formula is C7H4FN3OS. The van der Waals surface area contributed by atoms with Gasteiger partial charge >= 0.3 is 4.87 Å². The topological polar surface area (TPSA) is 58.6 Å². The normalized spacial score (nSPS) is 10.2. The van der Waals surface area contributed by atoms with Gasteiger partial charge in [-0.05, 0) is 6.07 Å². The molecule has 2 aromatic rings. The van der Waals surface area contributed by atoms with Crippen molar-refractivity contribution in [2.24, 2.45) is 0 Å². The van der Waals surface area contributed by atoms with Gasteiger partial charge < -0.3 is 0 Å². The summed E-state index contributed by atoms with van der Waals surface area (Å²) in [5, 5.41) is 6.31.